The third kappa shape index (κ3) is 2.63. The second-order valence-corrected chi connectivity index (χ2v) is 5.42. The van der Waals surface area contributed by atoms with Gasteiger partial charge in [-0.2, -0.15) is 0 Å². The van der Waals surface area contributed by atoms with Crippen LogP contribution in [0.3, 0.4) is 0 Å². The van der Waals surface area contributed by atoms with Crippen LogP contribution in [0.2, 0.25) is 5.02 Å². The highest BCUT2D eigenvalue weighted by atomic mass is 35.5. The molecule has 1 N–H and O–H groups in total. The van der Waals surface area contributed by atoms with E-state index in [0.717, 1.165) is 31.2 Å². The van der Waals surface area contributed by atoms with Gasteiger partial charge in [-0.25, -0.2) is 4.39 Å². The molecule has 0 aliphatic heterocycles. The van der Waals surface area contributed by atoms with E-state index in [2.05, 4.69) is 6.92 Å². The van der Waals surface area contributed by atoms with Gasteiger partial charge in [0.15, 0.2) is 0 Å². The molecule has 0 spiro atoms. The summed E-state index contributed by atoms with van der Waals surface area (Å²) in [5.41, 5.74) is 0.0149. The van der Waals surface area contributed by atoms with Crippen molar-refractivity contribution in [3.05, 3.63) is 34.6 Å². The van der Waals surface area contributed by atoms with Crippen LogP contribution in [0.15, 0.2) is 18.2 Å². The third-order valence-electron chi connectivity index (χ3n) is 3.92. The maximum atomic E-state index is 13.2. The molecule has 0 radical (unpaired) electrons. The normalized spacial score (nSPS) is 28.6. The van der Waals surface area contributed by atoms with Crippen LogP contribution in [0.5, 0.6) is 0 Å². The van der Waals surface area contributed by atoms with Gasteiger partial charge in [0.05, 0.1) is 5.60 Å². The van der Waals surface area contributed by atoms with Crippen LogP contribution >= 0.6 is 11.6 Å². The summed E-state index contributed by atoms with van der Waals surface area (Å²) >= 11 is 6.05. The molecule has 0 amide bonds. The standard InChI is InChI=1S/C14H18ClFO/c1-2-11-4-3-7-14(11,17)9-10-8-12(16)5-6-13(10)15/h5-6,8,11,17H,2-4,7,9H2,1H3. The number of hydrogen-bond donors (Lipinski definition) is 1. The van der Waals surface area contributed by atoms with Crippen molar-refractivity contribution < 1.29 is 9.50 Å². The lowest BCUT2D eigenvalue weighted by Gasteiger charge is -2.30. The lowest BCUT2D eigenvalue weighted by molar-refractivity contribution is 0.00144. The summed E-state index contributed by atoms with van der Waals surface area (Å²) in [6.45, 7) is 2.09. The van der Waals surface area contributed by atoms with Crippen molar-refractivity contribution in [2.45, 2.75) is 44.6 Å². The molecule has 0 heterocycles. The van der Waals surface area contributed by atoms with Gasteiger partial charge in [0, 0.05) is 11.4 Å². The van der Waals surface area contributed by atoms with Crippen molar-refractivity contribution in [1.82, 2.24) is 0 Å². The van der Waals surface area contributed by atoms with Gasteiger partial charge in [-0.3, -0.25) is 0 Å². The Bertz CT molecular complexity index is 407. The van der Waals surface area contributed by atoms with Gasteiger partial charge < -0.3 is 5.11 Å². The van der Waals surface area contributed by atoms with Crippen LogP contribution in [-0.4, -0.2) is 10.7 Å². The topological polar surface area (TPSA) is 20.2 Å². The number of hydrogen-bond acceptors (Lipinski definition) is 1. The minimum atomic E-state index is -0.702. The zero-order valence-electron chi connectivity index (χ0n) is 10.0. The lowest BCUT2D eigenvalue weighted by Crippen LogP contribution is -2.35. The average Bonchev–Trinajstić information content (AvgIpc) is 2.65. The Morgan fingerprint density at radius 2 is 2.29 bits per heavy atom. The van der Waals surface area contributed by atoms with Crippen molar-refractivity contribution in [1.29, 1.82) is 0 Å². The van der Waals surface area contributed by atoms with Gasteiger partial charge in [0.25, 0.3) is 0 Å². The van der Waals surface area contributed by atoms with E-state index >= 15 is 0 Å². The summed E-state index contributed by atoms with van der Waals surface area (Å²) in [4.78, 5) is 0. The molecule has 0 aromatic heterocycles. The molecule has 1 aliphatic carbocycles. The second kappa shape index (κ2) is 4.95. The van der Waals surface area contributed by atoms with E-state index in [1.807, 2.05) is 0 Å². The fourth-order valence-corrected chi connectivity index (χ4v) is 3.14. The monoisotopic (exact) mass is 256 g/mol. The van der Waals surface area contributed by atoms with Crippen LogP contribution in [0.25, 0.3) is 0 Å². The molecular weight excluding hydrogens is 239 g/mol. The highest BCUT2D eigenvalue weighted by Crippen LogP contribution is 2.40. The minimum absolute atomic E-state index is 0.293. The summed E-state index contributed by atoms with van der Waals surface area (Å²) in [5, 5.41) is 11.2. The van der Waals surface area contributed by atoms with Gasteiger partial charge in [0.2, 0.25) is 0 Å². The van der Waals surface area contributed by atoms with Crippen LogP contribution in [0.4, 0.5) is 4.39 Å². The van der Waals surface area contributed by atoms with Crippen LogP contribution in [0.1, 0.15) is 38.2 Å². The van der Waals surface area contributed by atoms with E-state index in [4.69, 9.17) is 11.6 Å². The van der Waals surface area contributed by atoms with Crippen molar-refractivity contribution in [2.75, 3.05) is 0 Å². The predicted octanol–water partition coefficient (Wildman–Crippen LogP) is 3.96. The number of rotatable bonds is 3. The number of benzene rings is 1. The highest BCUT2D eigenvalue weighted by Gasteiger charge is 2.40. The molecule has 1 saturated carbocycles. The quantitative estimate of drug-likeness (QED) is 0.868. The first kappa shape index (κ1) is 12.8. The lowest BCUT2D eigenvalue weighted by atomic mass is 9.83. The van der Waals surface area contributed by atoms with Crippen molar-refractivity contribution in [2.24, 2.45) is 5.92 Å². The molecule has 2 atom stereocenters. The Hall–Kier alpha value is -0.600. The first-order valence-corrected chi connectivity index (χ1v) is 6.59. The van der Waals surface area contributed by atoms with Crippen LogP contribution in [0, 0.1) is 11.7 Å². The molecule has 17 heavy (non-hydrogen) atoms. The third-order valence-corrected chi connectivity index (χ3v) is 4.29. The zero-order chi connectivity index (χ0) is 12.5. The highest BCUT2D eigenvalue weighted by molar-refractivity contribution is 6.31. The van der Waals surface area contributed by atoms with E-state index in [1.165, 1.54) is 12.1 Å². The Labute approximate surface area is 107 Å². The summed E-state index contributed by atoms with van der Waals surface area (Å²) in [5.74, 6) is 0.0147. The summed E-state index contributed by atoms with van der Waals surface area (Å²) in [6, 6.07) is 4.35. The fraction of sp³-hybridized carbons (Fsp3) is 0.571. The fourth-order valence-electron chi connectivity index (χ4n) is 2.95. The van der Waals surface area contributed by atoms with Gasteiger partial charge >= 0.3 is 0 Å². The van der Waals surface area contributed by atoms with E-state index < -0.39 is 5.60 Å². The molecule has 1 aromatic carbocycles. The molecule has 2 rings (SSSR count). The molecule has 2 unspecified atom stereocenters. The van der Waals surface area contributed by atoms with E-state index in [9.17, 15) is 9.50 Å². The molecule has 1 fully saturated rings. The Balaban J connectivity index is 2.22. The average molecular weight is 257 g/mol. The first-order chi connectivity index (χ1) is 8.05. The zero-order valence-corrected chi connectivity index (χ0v) is 10.8. The largest absolute Gasteiger partial charge is 0.389 e. The van der Waals surface area contributed by atoms with Gasteiger partial charge in [-0.05, 0) is 42.5 Å². The molecule has 0 saturated heterocycles. The number of aliphatic hydroxyl groups is 1. The van der Waals surface area contributed by atoms with E-state index in [1.54, 1.807) is 6.07 Å². The van der Waals surface area contributed by atoms with Crippen LogP contribution < -0.4 is 0 Å². The van der Waals surface area contributed by atoms with Crippen molar-refractivity contribution in [3.63, 3.8) is 0 Å². The summed E-state index contributed by atoms with van der Waals surface area (Å²) in [6.07, 6.45) is 4.31. The van der Waals surface area contributed by atoms with Gasteiger partial charge in [-0.15, -0.1) is 0 Å². The maximum Gasteiger partial charge on any atom is 0.123 e. The second-order valence-electron chi connectivity index (χ2n) is 5.01. The minimum Gasteiger partial charge on any atom is -0.389 e. The molecular formula is C14H18ClFO. The predicted molar refractivity (Wildman–Crippen MR) is 67.7 cm³/mol. The molecule has 0 bridgehead atoms. The smallest absolute Gasteiger partial charge is 0.123 e. The molecule has 1 aromatic rings. The molecule has 94 valence electrons. The Morgan fingerprint density at radius 3 is 3.00 bits per heavy atom. The molecule has 1 aliphatic rings. The van der Waals surface area contributed by atoms with Gasteiger partial charge in [-0.1, -0.05) is 31.4 Å². The molecule has 1 nitrogen and oxygen atoms in total. The SMILES string of the molecule is CCC1CCCC1(O)Cc1cc(F)ccc1Cl. The molecule has 3 heteroatoms. The summed E-state index contributed by atoms with van der Waals surface area (Å²) < 4.78 is 13.2. The van der Waals surface area contributed by atoms with E-state index in [0.29, 0.717) is 17.4 Å². The summed E-state index contributed by atoms with van der Waals surface area (Å²) in [7, 11) is 0. The number of halogens is 2. The Morgan fingerprint density at radius 1 is 1.53 bits per heavy atom. The first-order valence-electron chi connectivity index (χ1n) is 6.21. The van der Waals surface area contributed by atoms with Crippen LogP contribution in [-0.2, 0) is 6.42 Å². The Kier molecular flexibility index (Phi) is 3.74. The maximum absolute atomic E-state index is 13.2. The van der Waals surface area contributed by atoms with Crippen molar-refractivity contribution in [3.8, 4) is 0 Å². The van der Waals surface area contributed by atoms with E-state index in [-0.39, 0.29) is 5.82 Å². The van der Waals surface area contributed by atoms with Gasteiger partial charge in [0.1, 0.15) is 5.82 Å². The van der Waals surface area contributed by atoms with Crippen molar-refractivity contribution >= 4 is 11.6 Å².